The maximum atomic E-state index is 5.54. The number of hydrogen-bond donors (Lipinski definition) is 0. The predicted molar refractivity (Wildman–Crippen MR) is 78.6 cm³/mol. The van der Waals surface area contributed by atoms with Crippen molar-refractivity contribution < 1.29 is 4.74 Å². The first-order valence-electron chi connectivity index (χ1n) is 7.25. The highest BCUT2D eigenvalue weighted by molar-refractivity contribution is 5.30. The topological polar surface area (TPSA) is 25.4 Å². The molecule has 106 valence electrons. The standard InChI is InChI=1S/C16H26N2O/c1-11(2)15-7-6-14(13-8-9-19-10-13)16(17-15)12(3)18(4)5/h6-7,11-13H,8-10H2,1-5H3. The molecule has 2 rings (SSSR count). The number of aromatic nitrogens is 1. The van der Waals surface area contributed by atoms with Crippen LogP contribution in [0.1, 0.15) is 62.0 Å². The van der Waals surface area contributed by atoms with E-state index in [1.807, 2.05) is 0 Å². The maximum Gasteiger partial charge on any atom is 0.0611 e. The highest BCUT2D eigenvalue weighted by Crippen LogP contribution is 2.32. The molecule has 0 saturated carbocycles. The summed E-state index contributed by atoms with van der Waals surface area (Å²) < 4.78 is 5.54. The van der Waals surface area contributed by atoms with E-state index in [0.717, 1.165) is 19.6 Å². The second kappa shape index (κ2) is 6.02. The van der Waals surface area contributed by atoms with Crippen LogP contribution in [0.15, 0.2) is 12.1 Å². The molecule has 0 aliphatic carbocycles. The van der Waals surface area contributed by atoms with Crippen molar-refractivity contribution in [3.63, 3.8) is 0 Å². The van der Waals surface area contributed by atoms with Gasteiger partial charge in [0.2, 0.25) is 0 Å². The fourth-order valence-corrected chi connectivity index (χ4v) is 2.53. The molecule has 1 aromatic heterocycles. The molecule has 1 aliphatic rings. The predicted octanol–water partition coefficient (Wildman–Crippen LogP) is 3.33. The Bertz CT molecular complexity index is 423. The second-order valence-corrected chi connectivity index (χ2v) is 6.07. The molecule has 2 heterocycles. The van der Waals surface area contributed by atoms with Gasteiger partial charge < -0.3 is 9.64 Å². The van der Waals surface area contributed by atoms with Crippen molar-refractivity contribution in [3.05, 3.63) is 29.1 Å². The summed E-state index contributed by atoms with van der Waals surface area (Å²) in [4.78, 5) is 7.17. The molecule has 0 bridgehead atoms. The molecule has 0 radical (unpaired) electrons. The van der Waals surface area contributed by atoms with Gasteiger partial charge in [0.1, 0.15) is 0 Å². The van der Waals surface area contributed by atoms with Crippen LogP contribution in [-0.2, 0) is 4.74 Å². The summed E-state index contributed by atoms with van der Waals surface area (Å²) in [6.45, 7) is 8.35. The van der Waals surface area contributed by atoms with Crippen LogP contribution in [0.4, 0.5) is 0 Å². The minimum Gasteiger partial charge on any atom is -0.381 e. The van der Waals surface area contributed by atoms with E-state index in [4.69, 9.17) is 9.72 Å². The van der Waals surface area contributed by atoms with E-state index < -0.39 is 0 Å². The zero-order valence-electron chi connectivity index (χ0n) is 12.8. The number of pyridine rings is 1. The summed E-state index contributed by atoms with van der Waals surface area (Å²) in [6, 6.07) is 4.80. The van der Waals surface area contributed by atoms with Gasteiger partial charge in [-0.1, -0.05) is 19.9 Å². The summed E-state index contributed by atoms with van der Waals surface area (Å²) in [6.07, 6.45) is 1.12. The quantitative estimate of drug-likeness (QED) is 0.832. The summed E-state index contributed by atoms with van der Waals surface area (Å²) >= 11 is 0. The fraction of sp³-hybridized carbons (Fsp3) is 0.688. The molecule has 1 aliphatic heterocycles. The van der Waals surface area contributed by atoms with Gasteiger partial charge in [0.05, 0.1) is 12.3 Å². The first kappa shape index (κ1) is 14.5. The van der Waals surface area contributed by atoms with Gasteiger partial charge in [-0.3, -0.25) is 4.98 Å². The summed E-state index contributed by atoms with van der Waals surface area (Å²) in [7, 11) is 4.23. The molecular weight excluding hydrogens is 236 g/mol. The number of rotatable bonds is 4. The monoisotopic (exact) mass is 262 g/mol. The Balaban J connectivity index is 2.40. The molecule has 1 aromatic rings. The minimum atomic E-state index is 0.342. The lowest BCUT2D eigenvalue weighted by Gasteiger charge is -2.25. The van der Waals surface area contributed by atoms with Gasteiger partial charge in [-0.05, 0) is 45.0 Å². The molecule has 0 spiro atoms. The van der Waals surface area contributed by atoms with E-state index in [9.17, 15) is 0 Å². The van der Waals surface area contributed by atoms with Crippen LogP contribution < -0.4 is 0 Å². The molecule has 1 saturated heterocycles. The largest absolute Gasteiger partial charge is 0.381 e. The van der Waals surface area contributed by atoms with Crippen LogP contribution in [-0.4, -0.2) is 37.2 Å². The van der Waals surface area contributed by atoms with E-state index in [1.54, 1.807) is 0 Å². The van der Waals surface area contributed by atoms with E-state index in [0.29, 0.717) is 17.9 Å². The maximum absolute atomic E-state index is 5.54. The highest BCUT2D eigenvalue weighted by atomic mass is 16.5. The molecular formula is C16H26N2O. The number of nitrogens with zero attached hydrogens (tertiary/aromatic N) is 2. The summed E-state index contributed by atoms with van der Waals surface area (Å²) in [5.74, 6) is 0.994. The lowest BCUT2D eigenvalue weighted by atomic mass is 9.92. The van der Waals surface area contributed by atoms with E-state index in [-0.39, 0.29) is 0 Å². The molecule has 19 heavy (non-hydrogen) atoms. The Morgan fingerprint density at radius 1 is 1.26 bits per heavy atom. The number of ether oxygens (including phenoxy) is 1. The normalized spacial score (nSPS) is 21.3. The molecule has 3 nitrogen and oxygen atoms in total. The molecule has 0 amide bonds. The minimum absolute atomic E-state index is 0.342. The summed E-state index contributed by atoms with van der Waals surface area (Å²) in [5, 5.41) is 0. The number of hydrogen-bond acceptors (Lipinski definition) is 3. The van der Waals surface area contributed by atoms with E-state index >= 15 is 0 Å². The average Bonchev–Trinajstić information content (AvgIpc) is 2.90. The third-order valence-electron chi connectivity index (χ3n) is 4.11. The smallest absolute Gasteiger partial charge is 0.0611 e. The highest BCUT2D eigenvalue weighted by Gasteiger charge is 2.25. The molecule has 3 heteroatoms. The zero-order valence-corrected chi connectivity index (χ0v) is 12.8. The van der Waals surface area contributed by atoms with Crippen LogP contribution in [0.2, 0.25) is 0 Å². The fourth-order valence-electron chi connectivity index (χ4n) is 2.53. The van der Waals surface area contributed by atoms with Gasteiger partial charge in [-0.2, -0.15) is 0 Å². The van der Waals surface area contributed by atoms with Gasteiger partial charge in [-0.15, -0.1) is 0 Å². The average molecular weight is 262 g/mol. The zero-order chi connectivity index (χ0) is 14.0. The van der Waals surface area contributed by atoms with Crippen molar-refractivity contribution in [1.29, 1.82) is 0 Å². The van der Waals surface area contributed by atoms with Crippen molar-refractivity contribution in [2.75, 3.05) is 27.3 Å². The van der Waals surface area contributed by atoms with Gasteiger partial charge >= 0.3 is 0 Å². The third-order valence-corrected chi connectivity index (χ3v) is 4.11. The molecule has 1 fully saturated rings. The first-order chi connectivity index (χ1) is 9.00. The van der Waals surface area contributed by atoms with Crippen molar-refractivity contribution in [2.45, 2.75) is 45.1 Å². The lowest BCUT2D eigenvalue weighted by Crippen LogP contribution is -2.21. The Kier molecular flexibility index (Phi) is 4.58. The van der Waals surface area contributed by atoms with Gasteiger partial charge in [0.15, 0.2) is 0 Å². The van der Waals surface area contributed by atoms with Crippen molar-refractivity contribution >= 4 is 0 Å². The Morgan fingerprint density at radius 3 is 2.53 bits per heavy atom. The van der Waals surface area contributed by atoms with Crippen LogP contribution >= 0.6 is 0 Å². The van der Waals surface area contributed by atoms with Gasteiger partial charge in [0, 0.05) is 24.3 Å². The Morgan fingerprint density at radius 2 is 2.00 bits per heavy atom. The third kappa shape index (κ3) is 3.15. The van der Waals surface area contributed by atoms with Crippen molar-refractivity contribution in [2.24, 2.45) is 0 Å². The van der Waals surface area contributed by atoms with Crippen molar-refractivity contribution in [3.8, 4) is 0 Å². The lowest BCUT2D eigenvalue weighted by molar-refractivity contribution is 0.193. The van der Waals surface area contributed by atoms with Crippen LogP contribution in [0.3, 0.4) is 0 Å². The summed E-state index contributed by atoms with van der Waals surface area (Å²) in [5.41, 5.74) is 3.79. The molecule has 0 N–H and O–H groups in total. The molecule has 2 atom stereocenters. The van der Waals surface area contributed by atoms with Crippen LogP contribution in [0, 0.1) is 0 Å². The van der Waals surface area contributed by atoms with Crippen LogP contribution in [0.25, 0.3) is 0 Å². The molecule has 2 unspecified atom stereocenters. The Labute approximate surface area is 117 Å². The SMILES string of the molecule is CC(C)c1ccc(C2CCOC2)c(C(C)N(C)C)n1. The first-order valence-corrected chi connectivity index (χ1v) is 7.25. The molecule has 0 aromatic carbocycles. The van der Waals surface area contributed by atoms with Crippen molar-refractivity contribution in [1.82, 2.24) is 9.88 Å². The Hall–Kier alpha value is -0.930. The van der Waals surface area contributed by atoms with Gasteiger partial charge in [0.25, 0.3) is 0 Å². The van der Waals surface area contributed by atoms with E-state index in [1.165, 1.54) is 17.0 Å². The van der Waals surface area contributed by atoms with Gasteiger partial charge in [-0.25, -0.2) is 0 Å². The van der Waals surface area contributed by atoms with E-state index in [2.05, 4.69) is 51.9 Å². The second-order valence-electron chi connectivity index (χ2n) is 6.07. The van der Waals surface area contributed by atoms with Crippen LogP contribution in [0.5, 0.6) is 0 Å².